The van der Waals surface area contributed by atoms with Crippen LogP contribution in [0.25, 0.3) is 0 Å². The van der Waals surface area contributed by atoms with Crippen LogP contribution in [-0.4, -0.2) is 11.0 Å². The van der Waals surface area contributed by atoms with Gasteiger partial charge in [-0.25, -0.2) is 0 Å². The highest BCUT2D eigenvalue weighted by atomic mass is 35.5. The lowest BCUT2D eigenvalue weighted by Crippen LogP contribution is -1.98. The minimum atomic E-state index is 0.563. The molecule has 0 amide bonds. The molecule has 2 rings (SSSR count). The number of benzene rings is 2. The molecule has 0 aromatic heterocycles. The SMILES string of the molecule is [O-]/[N+](=C/c1ccccc1)c1ccc(Cl)cc1. The predicted octanol–water partition coefficient (Wildman–Crippen LogP) is 3.60. The van der Waals surface area contributed by atoms with Gasteiger partial charge in [-0.05, 0) is 24.3 Å². The molecule has 0 atom stereocenters. The van der Waals surface area contributed by atoms with Gasteiger partial charge in [-0.1, -0.05) is 29.8 Å². The largest absolute Gasteiger partial charge is 0.618 e. The zero-order valence-corrected chi connectivity index (χ0v) is 9.26. The maximum Gasteiger partial charge on any atom is 0.216 e. The number of rotatable bonds is 2. The fourth-order valence-corrected chi connectivity index (χ4v) is 1.46. The van der Waals surface area contributed by atoms with E-state index in [-0.39, 0.29) is 0 Å². The molecule has 3 heteroatoms. The van der Waals surface area contributed by atoms with Crippen molar-refractivity contribution in [3.8, 4) is 0 Å². The molecule has 0 heterocycles. The molecule has 2 aromatic carbocycles. The maximum atomic E-state index is 11.7. The van der Waals surface area contributed by atoms with Crippen LogP contribution in [-0.2, 0) is 0 Å². The van der Waals surface area contributed by atoms with Crippen LogP contribution in [0.2, 0.25) is 5.02 Å². The van der Waals surface area contributed by atoms with E-state index in [1.807, 2.05) is 30.3 Å². The highest BCUT2D eigenvalue weighted by molar-refractivity contribution is 6.30. The van der Waals surface area contributed by atoms with Gasteiger partial charge in [0.05, 0.1) is 0 Å². The Morgan fingerprint density at radius 1 is 0.938 bits per heavy atom. The van der Waals surface area contributed by atoms with Gasteiger partial charge < -0.3 is 5.21 Å². The molecule has 2 nitrogen and oxygen atoms in total. The molecule has 0 aliphatic rings. The number of halogens is 1. The third-order valence-corrected chi connectivity index (χ3v) is 2.40. The highest BCUT2D eigenvalue weighted by Crippen LogP contribution is 2.15. The molecule has 2 aromatic rings. The summed E-state index contributed by atoms with van der Waals surface area (Å²) < 4.78 is 0.825. The van der Waals surface area contributed by atoms with E-state index >= 15 is 0 Å². The molecule has 80 valence electrons. The molecule has 0 saturated heterocycles. The molecular weight excluding hydrogens is 222 g/mol. The summed E-state index contributed by atoms with van der Waals surface area (Å²) in [5, 5.41) is 12.4. The lowest BCUT2D eigenvalue weighted by molar-refractivity contribution is -0.354. The Hall–Kier alpha value is -1.80. The minimum Gasteiger partial charge on any atom is -0.618 e. The third kappa shape index (κ3) is 2.61. The van der Waals surface area contributed by atoms with Crippen molar-refractivity contribution < 1.29 is 4.74 Å². The second-order valence-electron chi connectivity index (χ2n) is 3.34. The van der Waals surface area contributed by atoms with Gasteiger partial charge in [0.2, 0.25) is 5.69 Å². The molecule has 0 radical (unpaired) electrons. The molecule has 0 aliphatic heterocycles. The highest BCUT2D eigenvalue weighted by Gasteiger charge is 2.00. The zero-order chi connectivity index (χ0) is 11.4. The van der Waals surface area contributed by atoms with Crippen LogP contribution in [0.1, 0.15) is 5.56 Å². The Bertz CT molecular complexity index is 491. The molecule has 0 unspecified atom stereocenters. The number of hydrogen-bond acceptors (Lipinski definition) is 1. The Balaban J connectivity index is 2.28. The third-order valence-electron chi connectivity index (χ3n) is 2.15. The van der Waals surface area contributed by atoms with Crippen molar-refractivity contribution in [1.82, 2.24) is 0 Å². The molecule has 0 saturated carbocycles. The summed E-state index contributed by atoms with van der Waals surface area (Å²) in [4.78, 5) is 0. The van der Waals surface area contributed by atoms with Gasteiger partial charge in [-0.2, -0.15) is 4.74 Å². The van der Waals surface area contributed by atoms with E-state index in [0.717, 1.165) is 10.3 Å². The van der Waals surface area contributed by atoms with Crippen molar-refractivity contribution in [3.05, 3.63) is 70.4 Å². The van der Waals surface area contributed by atoms with Crippen molar-refractivity contribution in [1.29, 1.82) is 0 Å². The van der Waals surface area contributed by atoms with Gasteiger partial charge in [0.15, 0.2) is 6.21 Å². The van der Waals surface area contributed by atoms with Gasteiger partial charge in [-0.3, -0.25) is 0 Å². The van der Waals surface area contributed by atoms with Crippen LogP contribution in [0.4, 0.5) is 5.69 Å². The van der Waals surface area contributed by atoms with E-state index in [2.05, 4.69) is 0 Å². The van der Waals surface area contributed by atoms with Gasteiger partial charge in [0.1, 0.15) is 0 Å². The summed E-state index contributed by atoms with van der Waals surface area (Å²) in [5.41, 5.74) is 1.43. The molecule has 0 N–H and O–H groups in total. The average molecular weight is 232 g/mol. The summed E-state index contributed by atoms with van der Waals surface area (Å²) in [6.45, 7) is 0. The lowest BCUT2D eigenvalue weighted by Gasteiger charge is -2.02. The summed E-state index contributed by atoms with van der Waals surface area (Å²) in [6, 6.07) is 16.2. The first kappa shape index (κ1) is 10.7. The molecular formula is C13H10ClNO. The smallest absolute Gasteiger partial charge is 0.216 e. The van der Waals surface area contributed by atoms with Crippen LogP contribution in [0.3, 0.4) is 0 Å². The molecule has 0 bridgehead atoms. The topological polar surface area (TPSA) is 26.1 Å². The fourth-order valence-electron chi connectivity index (χ4n) is 1.34. The monoisotopic (exact) mass is 231 g/mol. The first-order valence-electron chi connectivity index (χ1n) is 4.87. The van der Waals surface area contributed by atoms with Crippen LogP contribution in [0.5, 0.6) is 0 Å². The van der Waals surface area contributed by atoms with Crippen molar-refractivity contribution in [2.24, 2.45) is 0 Å². The van der Waals surface area contributed by atoms with Gasteiger partial charge >= 0.3 is 0 Å². The number of hydrogen-bond donors (Lipinski definition) is 0. The summed E-state index contributed by atoms with van der Waals surface area (Å²) in [6.07, 6.45) is 1.53. The first-order chi connectivity index (χ1) is 7.75. The van der Waals surface area contributed by atoms with Gasteiger partial charge in [-0.15, -0.1) is 0 Å². The van der Waals surface area contributed by atoms with E-state index in [1.54, 1.807) is 24.3 Å². The van der Waals surface area contributed by atoms with E-state index < -0.39 is 0 Å². The second kappa shape index (κ2) is 4.81. The zero-order valence-electron chi connectivity index (χ0n) is 8.51. The van der Waals surface area contributed by atoms with Crippen molar-refractivity contribution >= 4 is 23.5 Å². The maximum absolute atomic E-state index is 11.7. The Labute approximate surface area is 99.0 Å². The van der Waals surface area contributed by atoms with Crippen LogP contribution >= 0.6 is 11.6 Å². The molecule has 16 heavy (non-hydrogen) atoms. The Kier molecular flexibility index (Phi) is 3.22. The Morgan fingerprint density at radius 2 is 1.56 bits per heavy atom. The minimum absolute atomic E-state index is 0.563. The molecule has 0 aliphatic carbocycles. The first-order valence-corrected chi connectivity index (χ1v) is 5.25. The van der Waals surface area contributed by atoms with Crippen molar-refractivity contribution in [2.45, 2.75) is 0 Å². The second-order valence-corrected chi connectivity index (χ2v) is 3.78. The fraction of sp³-hybridized carbons (Fsp3) is 0. The molecule has 0 fully saturated rings. The summed E-state index contributed by atoms with van der Waals surface area (Å²) >= 11 is 5.75. The Morgan fingerprint density at radius 3 is 2.19 bits per heavy atom. The van der Waals surface area contributed by atoms with Gasteiger partial charge in [0, 0.05) is 22.7 Å². The molecule has 0 spiro atoms. The quantitative estimate of drug-likeness (QED) is 0.336. The predicted molar refractivity (Wildman–Crippen MR) is 66.3 cm³/mol. The normalized spacial score (nSPS) is 11.4. The summed E-state index contributed by atoms with van der Waals surface area (Å²) in [7, 11) is 0. The van der Waals surface area contributed by atoms with E-state index in [9.17, 15) is 5.21 Å². The van der Waals surface area contributed by atoms with E-state index in [4.69, 9.17) is 11.6 Å². The standard InChI is InChI=1S/C13H10ClNO/c14-12-6-8-13(9-7-12)15(16)10-11-4-2-1-3-5-11/h1-10H/b15-10+. The van der Waals surface area contributed by atoms with Crippen molar-refractivity contribution in [3.63, 3.8) is 0 Å². The summed E-state index contributed by atoms with van der Waals surface area (Å²) in [5.74, 6) is 0. The van der Waals surface area contributed by atoms with E-state index in [1.165, 1.54) is 6.21 Å². The van der Waals surface area contributed by atoms with Crippen molar-refractivity contribution in [2.75, 3.05) is 0 Å². The van der Waals surface area contributed by atoms with Crippen LogP contribution in [0.15, 0.2) is 54.6 Å². The van der Waals surface area contributed by atoms with Crippen LogP contribution in [0, 0.1) is 5.21 Å². The lowest BCUT2D eigenvalue weighted by atomic mass is 10.2. The average Bonchev–Trinajstić information content (AvgIpc) is 2.31. The van der Waals surface area contributed by atoms with Gasteiger partial charge in [0.25, 0.3) is 0 Å². The van der Waals surface area contributed by atoms with Crippen LogP contribution < -0.4 is 0 Å². The number of nitrogens with zero attached hydrogens (tertiary/aromatic N) is 1. The van der Waals surface area contributed by atoms with E-state index in [0.29, 0.717) is 10.7 Å².